The van der Waals surface area contributed by atoms with Crippen molar-refractivity contribution in [2.45, 2.75) is 39.0 Å². The summed E-state index contributed by atoms with van der Waals surface area (Å²) in [6, 6.07) is -0.469. The molecule has 0 bridgehead atoms. The Morgan fingerprint density at radius 1 is 1.15 bits per heavy atom. The maximum atomic E-state index is 10.5. The molecule has 0 fully saturated rings. The molecule has 0 aromatic rings. The Kier molecular flexibility index (Phi) is 6.96. The van der Waals surface area contributed by atoms with Gasteiger partial charge in [0.25, 0.3) is 0 Å². The number of urea groups is 1. The number of Topliss-reactive ketones (excluding diaryl/α,β-unsaturated/α-hetero) is 1. The standard InChI is InChI=1S/C9H18N2O2/c1-8(12)6-4-2-3-5-7-11-9(10)13/h2-7H2,1H3,(H3,10,11,13). The van der Waals surface area contributed by atoms with Gasteiger partial charge in [-0.05, 0) is 19.8 Å². The molecule has 0 unspecified atom stereocenters. The summed E-state index contributed by atoms with van der Waals surface area (Å²) in [6.45, 7) is 2.24. The van der Waals surface area contributed by atoms with Gasteiger partial charge >= 0.3 is 6.03 Å². The lowest BCUT2D eigenvalue weighted by atomic mass is 10.1. The Hall–Kier alpha value is -1.06. The summed E-state index contributed by atoms with van der Waals surface area (Å²) in [5.41, 5.74) is 4.88. The summed E-state index contributed by atoms with van der Waals surface area (Å²) < 4.78 is 0. The molecule has 13 heavy (non-hydrogen) atoms. The molecule has 0 saturated heterocycles. The van der Waals surface area contributed by atoms with Crippen LogP contribution in [0.15, 0.2) is 0 Å². The van der Waals surface area contributed by atoms with Gasteiger partial charge in [-0.1, -0.05) is 12.8 Å². The molecule has 0 rings (SSSR count). The lowest BCUT2D eigenvalue weighted by Gasteiger charge is -2.00. The van der Waals surface area contributed by atoms with Gasteiger partial charge in [-0.3, -0.25) is 0 Å². The largest absolute Gasteiger partial charge is 0.352 e. The fourth-order valence-corrected chi connectivity index (χ4v) is 1.06. The second-order valence-corrected chi connectivity index (χ2v) is 3.16. The van der Waals surface area contributed by atoms with E-state index in [1.807, 2.05) is 0 Å². The van der Waals surface area contributed by atoms with E-state index in [2.05, 4.69) is 5.32 Å². The van der Waals surface area contributed by atoms with Crippen molar-refractivity contribution in [2.24, 2.45) is 5.73 Å². The number of primary amides is 1. The van der Waals surface area contributed by atoms with Crippen molar-refractivity contribution in [1.29, 1.82) is 0 Å². The first kappa shape index (κ1) is 11.9. The molecular weight excluding hydrogens is 168 g/mol. The van der Waals surface area contributed by atoms with Crippen molar-refractivity contribution in [2.75, 3.05) is 6.54 Å². The van der Waals surface area contributed by atoms with E-state index in [-0.39, 0.29) is 5.78 Å². The SMILES string of the molecule is CC(=O)CCCCCCNC(N)=O. The van der Waals surface area contributed by atoms with Gasteiger partial charge in [0, 0.05) is 13.0 Å². The van der Waals surface area contributed by atoms with Crippen molar-refractivity contribution >= 4 is 11.8 Å². The molecule has 0 aliphatic heterocycles. The Bertz CT molecular complexity index is 151. The third kappa shape index (κ3) is 10.9. The van der Waals surface area contributed by atoms with E-state index in [0.717, 1.165) is 25.7 Å². The smallest absolute Gasteiger partial charge is 0.312 e. The van der Waals surface area contributed by atoms with Gasteiger partial charge in [-0.25, -0.2) is 4.79 Å². The molecule has 0 aliphatic carbocycles. The second-order valence-electron chi connectivity index (χ2n) is 3.16. The van der Waals surface area contributed by atoms with E-state index in [0.29, 0.717) is 13.0 Å². The number of nitrogens with one attached hydrogen (secondary N) is 1. The molecule has 0 saturated carbocycles. The van der Waals surface area contributed by atoms with Gasteiger partial charge < -0.3 is 15.8 Å². The number of rotatable bonds is 7. The molecule has 0 spiro atoms. The summed E-state index contributed by atoms with van der Waals surface area (Å²) in [5.74, 6) is 0.246. The average molecular weight is 186 g/mol. The highest BCUT2D eigenvalue weighted by atomic mass is 16.2. The van der Waals surface area contributed by atoms with Crippen LogP contribution in [0.5, 0.6) is 0 Å². The van der Waals surface area contributed by atoms with Crippen LogP contribution in [0.25, 0.3) is 0 Å². The molecule has 2 amide bonds. The molecule has 76 valence electrons. The minimum atomic E-state index is -0.469. The molecule has 0 aromatic heterocycles. The van der Waals surface area contributed by atoms with Crippen LogP contribution >= 0.6 is 0 Å². The number of amides is 2. The van der Waals surface area contributed by atoms with Gasteiger partial charge in [0.15, 0.2) is 0 Å². The first-order chi connectivity index (χ1) is 6.13. The highest BCUT2D eigenvalue weighted by molar-refractivity contribution is 5.75. The van der Waals surface area contributed by atoms with Crippen LogP contribution in [0.4, 0.5) is 4.79 Å². The molecule has 4 heteroatoms. The van der Waals surface area contributed by atoms with Crippen LogP contribution in [-0.4, -0.2) is 18.4 Å². The lowest BCUT2D eigenvalue weighted by molar-refractivity contribution is -0.117. The predicted molar refractivity (Wildman–Crippen MR) is 51.4 cm³/mol. The molecule has 0 heterocycles. The van der Waals surface area contributed by atoms with E-state index in [4.69, 9.17) is 5.73 Å². The summed E-state index contributed by atoms with van der Waals surface area (Å²) in [4.78, 5) is 20.8. The maximum Gasteiger partial charge on any atom is 0.312 e. The number of hydrogen-bond acceptors (Lipinski definition) is 2. The Labute approximate surface area is 78.9 Å². The zero-order valence-corrected chi connectivity index (χ0v) is 8.14. The number of ketones is 1. The van der Waals surface area contributed by atoms with Crippen LogP contribution in [-0.2, 0) is 4.79 Å². The van der Waals surface area contributed by atoms with Gasteiger partial charge in [-0.2, -0.15) is 0 Å². The van der Waals surface area contributed by atoms with Gasteiger partial charge in [0.1, 0.15) is 5.78 Å². The highest BCUT2D eigenvalue weighted by Gasteiger charge is 1.94. The highest BCUT2D eigenvalue weighted by Crippen LogP contribution is 2.02. The zero-order valence-electron chi connectivity index (χ0n) is 8.14. The van der Waals surface area contributed by atoms with Crippen molar-refractivity contribution in [3.63, 3.8) is 0 Å². The minimum absolute atomic E-state index is 0.246. The van der Waals surface area contributed by atoms with E-state index in [1.54, 1.807) is 6.92 Å². The van der Waals surface area contributed by atoms with Crippen LogP contribution in [0.2, 0.25) is 0 Å². The van der Waals surface area contributed by atoms with Crippen molar-refractivity contribution in [1.82, 2.24) is 5.32 Å². The number of unbranched alkanes of at least 4 members (excludes halogenated alkanes) is 3. The molecule has 0 radical (unpaired) electrons. The average Bonchev–Trinajstić information content (AvgIpc) is 2.01. The van der Waals surface area contributed by atoms with E-state index in [1.165, 1.54) is 0 Å². The Balaban J connectivity index is 3.00. The number of nitrogens with two attached hydrogens (primary N) is 1. The fourth-order valence-electron chi connectivity index (χ4n) is 1.06. The lowest BCUT2D eigenvalue weighted by Crippen LogP contribution is -2.29. The fraction of sp³-hybridized carbons (Fsp3) is 0.778. The topological polar surface area (TPSA) is 72.2 Å². The quantitative estimate of drug-likeness (QED) is 0.586. The van der Waals surface area contributed by atoms with Crippen molar-refractivity contribution in [3.8, 4) is 0 Å². The van der Waals surface area contributed by atoms with Gasteiger partial charge in [0.2, 0.25) is 0 Å². The van der Waals surface area contributed by atoms with Crippen LogP contribution in [0.1, 0.15) is 39.0 Å². The first-order valence-corrected chi connectivity index (χ1v) is 4.65. The van der Waals surface area contributed by atoms with Gasteiger partial charge in [-0.15, -0.1) is 0 Å². The summed E-state index contributed by atoms with van der Waals surface area (Å²) >= 11 is 0. The normalized spacial score (nSPS) is 9.62. The molecule has 0 aliphatic rings. The summed E-state index contributed by atoms with van der Waals surface area (Å²) in [7, 11) is 0. The molecular formula is C9H18N2O2. The Morgan fingerprint density at radius 2 is 1.77 bits per heavy atom. The molecule has 0 atom stereocenters. The molecule has 4 nitrogen and oxygen atoms in total. The second kappa shape index (κ2) is 7.58. The van der Waals surface area contributed by atoms with Crippen molar-refractivity contribution in [3.05, 3.63) is 0 Å². The van der Waals surface area contributed by atoms with Crippen LogP contribution in [0, 0.1) is 0 Å². The van der Waals surface area contributed by atoms with Crippen LogP contribution in [0.3, 0.4) is 0 Å². The summed E-state index contributed by atoms with van der Waals surface area (Å²) in [5, 5.41) is 2.52. The molecule has 0 aromatic carbocycles. The van der Waals surface area contributed by atoms with Crippen LogP contribution < -0.4 is 11.1 Å². The monoisotopic (exact) mass is 186 g/mol. The number of carbonyl (C=O) groups is 2. The molecule has 3 N–H and O–H groups in total. The van der Waals surface area contributed by atoms with E-state index >= 15 is 0 Å². The minimum Gasteiger partial charge on any atom is -0.352 e. The third-order valence-corrected chi connectivity index (χ3v) is 1.75. The summed E-state index contributed by atoms with van der Waals surface area (Å²) in [6.07, 6.45) is 4.63. The van der Waals surface area contributed by atoms with Crippen molar-refractivity contribution < 1.29 is 9.59 Å². The van der Waals surface area contributed by atoms with E-state index < -0.39 is 6.03 Å². The van der Waals surface area contributed by atoms with E-state index in [9.17, 15) is 9.59 Å². The first-order valence-electron chi connectivity index (χ1n) is 4.65. The maximum absolute atomic E-state index is 10.5. The van der Waals surface area contributed by atoms with Gasteiger partial charge in [0.05, 0.1) is 0 Å². The Morgan fingerprint density at radius 3 is 2.31 bits per heavy atom. The third-order valence-electron chi connectivity index (χ3n) is 1.75. The number of hydrogen-bond donors (Lipinski definition) is 2. The zero-order chi connectivity index (χ0) is 10.1. The predicted octanol–water partition coefficient (Wildman–Crippen LogP) is 1.19. The number of carbonyl (C=O) groups excluding carboxylic acids is 2.